The van der Waals surface area contributed by atoms with Gasteiger partial charge >= 0.3 is 6.09 Å². The summed E-state index contributed by atoms with van der Waals surface area (Å²) < 4.78 is 11.1. The normalized spacial score (nSPS) is 21.6. The van der Waals surface area contributed by atoms with Crippen molar-refractivity contribution < 1.29 is 19.4 Å². The monoisotopic (exact) mass is 392 g/mol. The standard InChI is InChI=1S/C22H36N2O4/c1-21(2,3)28-20(26)24-18(13-16-9-7-6-8-10-16)19(25)15-23-17-11-12-27-22(4,5)14-17/h6-10,17-19,23,25H,11-15H2,1-5H3,(H,24,26)/t17?,18-,19-/m0/s1. The molecular formula is C22H36N2O4. The van der Waals surface area contributed by atoms with Crippen LogP contribution in [0.4, 0.5) is 4.79 Å². The molecule has 28 heavy (non-hydrogen) atoms. The average molecular weight is 393 g/mol. The Morgan fingerprint density at radius 1 is 1.32 bits per heavy atom. The Balaban J connectivity index is 1.97. The molecule has 0 radical (unpaired) electrons. The number of benzene rings is 1. The molecule has 0 bridgehead atoms. The Bertz CT molecular complexity index is 613. The lowest BCUT2D eigenvalue weighted by Gasteiger charge is -2.36. The first kappa shape index (κ1) is 22.7. The van der Waals surface area contributed by atoms with Crippen molar-refractivity contribution in [1.82, 2.24) is 10.6 Å². The van der Waals surface area contributed by atoms with Crippen molar-refractivity contribution in [1.29, 1.82) is 0 Å². The zero-order valence-corrected chi connectivity index (χ0v) is 17.8. The maximum Gasteiger partial charge on any atom is 0.407 e. The number of aliphatic hydroxyl groups is 1. The summed E-state index contributed by atoms with van der Waals surface area (Å²) >= 11 is 0. The predicted octanol–water partition coefficient (Wildman–Crippen LogP) is 3.03. The third kappa shape index (κ3) is 8.17. The fraction of sp³-hybridized carbons (Fsp3) is 0.682. The summed E-state index contributed by atoms with van der Waals surface area (Å²) in [6.07, 6.45) is 1.09. The van der Waals surface area contributed by atoms with Gasteiger partial charge in [0.2, 0.25) is 0 Å². The van der Waals surface area contributed by atoms with Crippen molar-refractivity contribution >= 4 is 6.09 Å². The van der Waals surface area contributed by atoms with Crippen LogP contribution in [-0.2, 0) is 15.9 Å². The number of aliphatic hydroxyl groups excluding tert-OH is 1. The van der Waals surface area contributed by atoms with E-state index in [4.69, 9.17) is 9.47 Å². The van der Waals surface area contributed by atoms with Gasteiger partial charge in [0.1, 0.15) is 5.60 Å². The van der Waals surface area contributed by atoms with Gasteiger partial charge in [0, 0.05) is 19.2 Å². The van der Waals surface area contributed by atoms with Crippen LogP contribution in [0.15, 0.2) is 30.3 Å². The smallest absolute Gasteiger partial charge is 0.407 e. The molecular weight excluding hydrogens is 356 g/mol. The van der Waals surface area contributed by atoms with Gasteiger partial charge in [-0.2, -0.15) is 0 Å². The second-order valence-corrected chi connectivity index (χ2v) is 9.22. The summed E-state index contributed by atoms with van der Waals surface area (Å²) in [5.41, 5.74) is 0.312. The van der Waals surface area contributed by atoms with Crippen LogP contribution in [0.1, 0.15) is 53.0 Å². The molecule has 1 aliphatic heterocycles. The van der Waals surface area contributed by atoms with E-state index >= 15 is 0 Å². The van der Waals surface area contributed by atoms with E-state index in [9.17, 15) is 9.90 Å². The molecule has 3 N–H and O–H groups in total. The maximum absolute atomic E-state index is 12.3. The molecule has 1 amide bonds. The lowest BCUT2D eigenvalue weighted by molar-refractivity contribution is -0.0641. The molecule has 0 saturated carbocycles. The van der Waals surface area contributed by atoms with Crippen molar-refractivity contribution in [2.45, 2.75) is 83.3 Å². The summed E-state index contributed by atoms with van der Waals surface area (Å²) in [6, 6.07) is 9.68. The second kappa shape index (κ2) is 9.72. The summed E-state index contributed by atoms with van der Waals surface area (Å²) in [5, 5.41) is 17.1. The lowest BCUT2D eigenvalue weighted by Crippen LogP contribution is -2.52. The van der Waals surface area contributed by atoms with Crippen molar-refractivity contribution in [3.05, 3.63) is 35.9 Å². The van der Waals surface area contributed by atoms with Gasteiger partial charge in [-0.3, -0.25) is 0 Å². The van der Waals surface area contributed by atoms with Crippen LogP contribution in [0, 0.1) is 0 Å². The molecule has 6 nitrogen and oxygen atoms in total. The number of nitrogens with one attached hydrogen (secondary N) is 2. The number of carbonyl (C=O) groups excluding carboxylic acids is 1. The van der Waals surface area contributed by atoms with Gasteiger partial charge in [0.05, 0.1) is 17.7 Å². The Morgan fingerprint density at radius 2 is 2.00 bits per heavy atom. The van der Waals surface area contributed by atoms with Gasteiger partial charge in [0.25, 0.3) is 0 Å². The molecule has 1 saturated heterocycles. The third-order valence-electron chi connectivity index (χ3n) is 4.78. The minimum atomic E-state index is -0.737. The molecule has 0 aromatic heterocycles. The zero-order chi connectivity index (χ0) is 20.8. The van der Waals surface area contributed by atoms with Crippen LogP contribution < -0.4 is 10.6 Å². The Labute approximate surface area is 169 Å². The first-order valence-corrected chi connectivity index (χ1v) is 10.1. The number of amides is 1. The maximum atomic E-state index is 12.3. The first-order valence-electron chi connectivity index (χ1n) is 10.1. The van der Waals surface area contributed by atoms with E-state index in [0.717, 1.165) is 18.4 Å². The van der Waals surface area contributed by atoms with E-state index in [1.807, 2.05) is 51.1 Å². The fourth-order valence-corrected chi connectivity index (χ4v) is 3.45. The molecule has 1 aromatic carbocycles. The largest absolute Gasteiger partial charge is 0.444 e. The summed E-state index contributed by atoms with van der Waals surface area (Å²) in [5.74, 6) is 0. The third-order valence-corrected chi connectivity index (χ3v) is 4.78. The van der Waals surface area contributed by atoms with E-state index in [0.29, 0.717) is 19.6 Å². The topological polar surface area (TPSA) is 79.8 Å². The number of hydrogen-bond donors (Lipinski definition) is 3. The SMILES string of the molecule is CC(C)(C)OC(=O)N[C@@H](Cc1ccccc1)[C@@H](O)CNC1CCOC(C)(C)C1. The molecule has 6 heteroatoms. The highest BCUT2D eigenvalue weighted by Gasteiger charge is 2.30. The van der Waals surface area contributed by atoms with Crippen molar-refractivity contribution in [3.8, 4) is 0 Å². The van der Waals surface area contributed by atoms with Crippen molar-refractivity contribution in [3.63, 3.8) is 0 Å². The molecule has 1 heterocycles. The van der Waals surface area contributed by atoms with Crippen LogP contribution in [0.2, 0.25) is 0 Å². The number of hydrogen-bond acceptors (Lipinski definition) is 5. The number of carbonyl (C=O) groups is 1. The lowest BCUT2D eigenvalue weighted by atomic mass is 9.93. The summed E-state index contributed by atoms with van der Waals surface area (Å²) in [6.45, 7) is 10.7. The predicted molar refractivity (Wildman–Crippen MR) is 110 cm³/mol. The Kier molecular flexibility index (Phi) is 7.87. The van der Waals surface area contributed by atoms with Crippen LogP contribution >= 0.6 is 0 Å². The van der Waals surface area contributed by atoms with E-state index in [1.54, 1.807) is 0 Å². The highest BCUT2D eigenvalue weighted by atomic mass is 16.6. The summed E-state index contributed by atoms with van der Waals surface area (Å²) in [4.78, 5) is 12.3. The molecule has 1 unspecified atom stereocenters. The Hall–Kier alpha value is -1.63. The summed E-state index contributed by atoms with van der Waals surface area (Å²) in [7, 11) is 0. The van der Waals surface area contributed by atoms with Crippen LogP contribution in [0.25, 0.3) is 0 Å². The quantitative estimate of drug-likeness (QED) is 0.665. The highest BCUT2D eigenvalue weighted by Crippen LogP contribution is 2.24. The highest BCUT2D eigenvalue weighted by molar-refractivity contribution is 5.68. The van der Waals surface area contributed by atoms with Crippen molar-refractivity contribution in [2.24, 2.45) is 0 Å². The molecule has 158 valence electrons. The van der Waals surface area contributed by atoms with Crippen LogP contribution in [-0.4, -0.2) is 53.7 Å². The van der Waals surface area contributed by atoms with Gasteiger partial charge < -0.3 is 25.2 Å². The fourth-order valence-electron chi connectivity index (χ4n) is 3.45. The number of alkyl carbamates (subject to hydrolysis) is 1. The average Bonchev–Trinajstić information content (AvgIpc) is 2.57. The van der Waals surface area contributed by atoms with Gasteiger partial charge in [0.15, 0.2) is 0 Å². The molecule has 2 rings (SSSR count). The zero-order valence-electron chi connectivity index (χ0n) is 17.8. The van der Waals surface area contributed by atoms with E-state index in [-0.39, 0.29) is 11.6 Å². The van der Waals surface area contributed by atoms with E-state index in [1.165, 1.54) is 0 Å². The number of rotatable bonds is 7. The molecule has 3 atom stereocenters. The van der Waals surface area contributed by atoms with Gasteiger partial charge in [-0.1, -0.05) is 30.3 Å². The first-order chi connectivity index (χ1) is 13.0. The molecule has 1 aliphatic rings. The van der Waals surface area contributed by atoms with Crippen LogP contribution in [0.5, 0.6) is 0 Å². The minimum Gasteiger partial charge on any atom is -0.444 e. The number of ether oxygens (including phenoxy) is 2. The van der Waals surface area contributed by atoms with Crippen molar-refractivity contribution in [2.75, 3.05) is 13.2 Å². The van der Waals surface area contributed by atoms with Gasteiger partial charge in [-0.15, -0.1) is 0 Å². The van der Waals surface area contributed by atoms with E-state index < -0.39 is 23.8 Å². The van der Waals surface area contributed by atoms with Gasteiger partial charge in [-0.05, 0) is 59.4 Å². The van der Waals surface area contributed by atoms with E-state index in [2.05, 4.69) is 24.5 Å². The molecule has 0 spiro atoms. The minimum absolute atomic E-state index is 0.154. The Morgan fingerprint density at radius 3 is 2.61 bits per heavy atom. The molecule has 1 fully saturated rings. The second-order valence-electron chi connectivity index (χ2n) is 9.22. The molecule has 0 aliphatic carbocycles. The molecule has 1 aromatic rings. The van der Waals surface area contributed by atoms with Crippen LogP contribution in [0.3, 0.4) is 0 Å². The van der Waals surface area contributed by atoms with Gasteiger partial charge in [-0.25, -0.2) is 4.79 Å².